The van der Waals surface area contributed by atoms with Gasteiger partial charge in [-0.1, -0.05) is 0 Å². The Labute approximate surface area is 225 Å². The molecule has 0 saturated carbocycles. The van der Waals surface area contributed by atoms with Gasteiger partial charge in [0.15, 0.2) is 0 Å². The number of nitrogens with zero attached hydrogens (tertiary/aromatic N) is 3. The average molecular weight is 532 g/mol. The number of urea groups is 2. The number of carbonyl (C=O) groups excluding carboxylic acids is 3. The predicted molar refractivity (Wildman–Crippen MR) is 143 cm³/mol. The van der Waals surface area contributed by atoms with Gasteiger partial charge in [0, 0.05) is 56.6 Å². The van der Waals surface area contributed by atoms with Gasteiger partial charge in [-0.15, -0.1) is 0 Å². The van der Waals surface area contributed by atoms with Crippen LogP contribution in [0, 0.1) is 0 Å². The lowest BCUT2D eigenvalue weighted by Crippen LogP contribution is -2.50. The summed E-state index contributed by atoms with van der Waals surface area (Å²) in [7, 11) is 4.73. The molecular weight excluding hydrogens is 490 g/mol. The van der Waals surface area contributed by atoms with Crippen LogP contribution in [0.4, 0.5) is 9.59 Å². The van der Waals surface area contributed by atoms with E-state index in [2.05, 4.69) is 15.5 Å². The van der Waals surface area contributed by atoms with Crippen LogP contribution in [0.2, 0.25) is 0 Å². The van der Waals surface area contributed by atoms with Crippen molar-refractivity contribution in [3.05, 3.63) is 35.0 Å². The number of carbonyl (C=O) groups is 3. The molecule has 0 unspecified atom stereocenters. The van der Waals surface area contributed by atoms with Crippen LogP contribution in [0.1, 0.15) is 45.7 Å². The highest BCUT2D eigenvalue weighted by molar-refractivity contribution is 5.95. The van der Waals surface area contributed by atoms with E-state index in [0.29, 0.717) is 61.1 Å². The molecule has 1 aromatic rings. The molecule has 2 aliphatic heterocycles. The number of esters is 1. The minimum atomic E-state index is -0.793. The summed E-state index contributed by atoms with van der Waals surface area (Å²) in [5.74, 6) is 0.571. The third-order valence-electron chi connectivity index (χ3n) is 6.55. The molecule has 0 spiro atoms. The first kappa shape index (κ1) is 29.1. The number of hydrogen-bond donors (Lipinski definition) is 2. The number of ether oxygens (including phenoxy) is 3. The van der Waals surface area contributed by atoms with E-state index in [1.807, 2.05) is 25.7 Å². The zero-order valence-electron chi connectivity index (χ0n) is 23.6. The van der Waals surface area contributed by atoms with Crippen molar-refractivity contribution in [2.75, 3.05) is 60.6 Å². The van der Waals surface area contributed by atoms with Crippen molar-refractivity contribution >= 4 is 18.0 Å². The smallest absolute Gasteiger partial charge is 0.338 e. The SMILES string of the molecule is CCOC(=O)C1=C(CN2CCCN(C(=O)NC(C)(C)C)CC2)N(C)C(=O)N[C@H]1c1cc(OC)ccc1OC. The second kappa shape index (κ2) is 12.4. The Bertz CT molecular complexity index is 1070. The highest BCUT2D eigenvalue weighted by atomic mass is 16.5. The predicted octanol–water partition coefficient (Wildman–Crippen LogP) is 2.73. The molecule has 1 atom stereocenters. The zero-order valence-corrected chi connectivity index (χ0v) is 23.6. The second-order valence-electron chi connectivity index (χ2n) is 10.4. The topological polar surface area (TPSA) is 113 Å². The van der Waals surface area contributed by atoms with Crippen LogP contribution < -0.4 is 20.1 Å². The quantitative estimate of drug-likeness (QED) is 0.520. The van der Waals surface area contributed by atoms with Crippen LogP contribution in [-0.4, -0.2) is 98.9 Å². The highest BCUT2D eigenvalue weighted by Crippen LogP contribution is 2.37. The van der Waals surface area contributed by atoms with Gasteiger partial charge in [-0.2, -0.15) is 0 Å². The average Bonchev–Trinajstić information content (AvgIpc) is 3.11. The maximum Gasteiger partial charge on any atom is 0.338 e. The van der Waals surface area contributed by atoms with E-state index < -0.39 is 12.0 Å². The molecule has 4 amide bonds. The van der Waals surface area contributed by atoms with Gasteiger partial charge in [0.1, 0.15) is 11.5 Å². The molecule has 2 aliphatic rings. The van der Waals surface area contributed by atoms with E-state index >= 15 is 0 Å². The summed E-state index contributed by atoms with van der Waals surface area (Å²) in [6.45, 7) is 10.6. The van der Waals surface area contributed by atoms with Gasteiger partial charge in [-0.25, -0.2) is 14.4 Å². The standard InChI is InChI=1S/C27H41N5O6/c1-8-38-24(33)22-20(17-31-12-9-13-32(15-14-31)26(35)29-27(2,3)4)30(5)25(34)28-23(22)19-16-18(36-6)10-11-21(19)37-7/h10-11,16,23H,8-9,12-15,17H2,1-7H3,(H,28,34)(H,29,35)/t23-/m0/s1. The van der Waals surface area contributed by atoms with Gasteiger partial charge in [-0.3, -0.25) is 9.80 Å². The van der Waals surface area contributed by atoms with Gasteiger partial charge >= 0.3 is 18.0 Å². The summed E-state index contributed by atoms with van der Waals surface area (Å²) >= 11 is 0. The van der Waals surface area contributed by atoms with Crippen LogP contribution in [-0.2, 0) is 9.53 Å². The summed E-state index contributed by atoms with van der Waals surface area (Å²) in [6, 6.07) is 4.02. The molecule has 2 heterocycles. The third kappa shape index (κ3) is 6.89. The van der Waals surface area contributed by atoms with Gasteiger partial charge < -0.3 is 29.7 Å². The third-order valence-corrected chi connectivity index (χ3v) is 6.55. The number of likely N-dealkylation sites (N-methyl/N-ethyl adjacent to an activating group) is 1. The minimum absolute atomic E-state index is 0.0925. The highest BCUT2D eigenvalue weighted by Gasteiger charge is 2.39. The van der Waals surface area contributed by atoms with Crippen molar-refractivity contribution in [1.82, 2.24) is 25.3 Å². The Morgan fingerprint density at radius 2 is 1.84 bits per heavy atom. The van der Waals surface area contributed by atoms with E-state index in [1.165, 1.54) is 12.0 Å². The van der Waals surface area contributed by atoms with E-state index in [4.69, 9.17) is 14.2 Å². The van der Waals surface area contributed by atoms with Crippen molar-refractivity contribution in [1.29, 1.82) is 0 Å². The van der Waals surface area contributed by atoms with Crippen molar-refractivity contribution in [3.8, 4) is 11.5 Å². The van der Waals surface area contributed by atoms with Crippen molar-refractivity contribution in [2.24, 2.45) is 0 Å². The van der Waals surface area contributed by atoms with E-state index in [1.54, 1.807) is 39.3 Å². The van der Waals surface area contributed by atoms with Crippen molar-refractivity contribution in [3.63, 3.8) is 0 Å². The molecule has 0 radical (unpaired) electrons. The molecule has 11 heteroatoms. The first-order valence-corrected chi connectivity index (χ1v) is 12.9. The Morgan fingerprint density at radius 3 is 2.47 bits per heavy atom. The molecular formula is C27H41N5O6. The van der Waals surface area contributed by atoms with Crippen LogP contribution in [0.5, 0.6) is 11.5 Å². The molecule has 2 N–H and O–H groups in total. The van der Waals surface area contributed by atoms with Crippen LogP contribution in [0.3, 0.4) is 0 Å². The van der Waals surface area contributed by atoms with Gasteiger partial charge in [0.25, 0.3) is 0 Å². The summed E-state index contributed by atoms with van der Waals surface area (Å²) in [5.41, 5.74) is 1.16. The number of hydrogen-bond acceptors (Lipinski definition) is 7. The summed E-state index contributed by atoms with van der Waals surface area (Å²) in [5, 5.41) is 5.95. The molecule has 1 aromatic carbocycles. The second-order valence-corrected chi connectivity index (χ2v) is 10.4. The lowest BCUT2D eigenvalue weighted by atomic mass is 9.93. The van der Waals surface area contributed by atoms with E-state index in [0.717, 1.165) is 6.42 Å². The molecule has 3 rings (SSSR count). The number of benzene rings is 1. The van der Waals surface area contributed by atoms with Gasteiger partial charge in [0.05, 0.1) is 32.4 Å². The maximum atomic E-state index is 13.4. The van der Waals surface area contributed by atoms with Gasteiger partial charge in [0.2, 0.25) is 0 Å². The largest absolute Gasteiger partial charge is 0.497 e. The normalized spacial score (nSPS) is 19.0. The number of amides is 4. The van der Waals surface area contributed by atoms with Crippen LogP contribution in [0.15, 0.2) is 29.5 Å². The van der Waals surface area contributed by atoms with E-state index in [9.17, 15) is 14.4 Å². The Balaban J connectivity index is 1.96. The number of nitrogens with one attached hydrogen (secondary N) is 2. The fourth-order valence-electron chi connectivity index (χ4n) is 4.64. The summed E-state index contributed by atoms with van der Waals surface area (Å²) in [4.78, 5) is 44.7. The molecule has 0 aromatic heterocycles. The maximum absolute atomic E-state index is 13.4. The first-order chi connectivity index (χ1) is 18.0. The van der Waals surface area contributed by atoms with Gasteiger partial charge in [-0.05, 0) is 52.3 Å². The Morgan fingerprint density at radius 1 is 1.11 bits per heavy atom. The molecule has 210 valence electrons. The number of rotatable bonds is 7. The fraction of sp³-hybridized carbons (Fsp3) is 0.593. The lowest BCUT2D eigenvalue weighted by molar-refractivity contribution is -0.139. The fourth-order valence-corrected chi connectivity index (χ4v) is 4.64. The lowest BCUT2D eigenvalue weighted by Gasteiger charge is -2.37. The molecule has 11 nitrogen and oxygen atoms in total. The van der Waals surface area contributed by atoms with Crippen LogP contribution in [0.25, 0.3) is 0 Å². The van der Waals surface area contributed by atoms with Crippen molar-refractivity contribution < 1.29 is 28.6 Å². The molecule has 1 saturated heterocycles. The molecule has 1 fully saturated rings. The monoisotopic (exact) mass is 531 g/mol. The molecule has 0 aliphatic carbocycles. The number of methoxy groups -OCH3 is 2. The van der Waals surface area contributed by atoms with Crippen LogP contribution >= 0.6 is 0 Å². The Kier molecular flexibility index (Phi) is 9.48. The van der Waals surface area contributed by atoms with Crippen molar-refractivity contribution in [2.45, 2.75) is 45.7 Å². The summed E-state index contributed by atoms with van der Waals surface area (Å²) in [6.07, 6.45) is 0.766. The molecule has 0 bridgehead atoms. The molecule has 38 heavy (non-hydrogen) atoms. The zero-order chi connectivity index (χ0) is 28.0. The minimum Gasteiger partial charge on any atom is -0.497 e. The van der Waals surface area contributed by atoms with E-state index in [-0.39, 0.29) is 24.2 Å². The first-order valence-electron chi connectivity index (χ1n) is 12.9. The summed E-state index contributed by atoms with van der Waals surface area (Å²) < 4.78 is 16.4. The Hall–Kier alpha value is -3.47.